The van der Waals surface area contributed by atoms with E-state index in [0.717, 1.165) is 18.5 Å². The molecule has 28 heavy (non-hydrogen) atoms. The third-order valence-corrected chi connectivity index (χ3v) is 5.14. The van der Waals surface area contributed by atoms with E-state index >= 15 is 0 Å². The lowest BCUT2D eigenvalue weighted by Crippen LogP contribution is -2.40. The standard InChI is InChI=1S/C20H20N4O4/c25-18-10-15(14-5-1-2-6-16(14)22-18)20(28)23-9-3-4-13(11-23)17-7-8-21-24(17)12-19(26)27/h1-2,5-8,10,13H,3-4,9,11-12H2,(H,22,25)(H,26,27)/t13-/m0/s1. The molecule has 144 valence electrons. The predicted octanol–water partition coefficient (Wildman–Crippen LogP) is 1.83. The molecule has 3 aromatic rings. The molecule has 8 heteroatoms. The second-order valence-corrected chi connectivity index (χ2v) is 6.99. The number of carbonyl (C=O) groups excluding carboxylic acids is 1. The van der Waals surface area contributed by atoms with Crippen LogP contribution in [0.5, 0.6) is 0 Å². The van der Waals surface area contributed by atoms with Crippen molar-refractivity contribution in [1.82, 2.24) is 19.7 Å². The van der Waals surface area contributed by atoms with Gasteiger partial charge in [0.2, 0.25) is 5.56 Å². The second-order valence-electron chi connectivity index (χ2n) is 6.99. The smallest absolute Gasteiger partial charge is 0.325 e. The van der Waals surface area contributed by atoms with Crippen molar-refractivity contribution in [3.63, 3.8) is 0 Å². The van der Waals surface area contributed by atoms with E-state index in [-0.39, 0.29) is 23.9 Å². The van der Waals surface area contributed by atoms with Crippen molar-refractivity contribution in [2.45, 2.75) is 25.3 Å². The number of para-hydroxylation sites is 1. The fraction of sp³-hybridized carbons (Fsp3) is 0.300. The van der Waals surface area contributed by atoms with Gasteiger partial charge >= 0.3 is 5.97 Å². The lowest BCUT2D eigenvalue weighted by Gasteiger charge is -2.33. The molecule has 1 atom stereocenters. The fourth-order valence-electron chi connectivity index (χ4n) is 3.90. The van der Waals surface area contributed by atoms with Crippen molar-refractivity contribution in [3.8, 4) is 0 Å². The van der Waals surface area contributed by atoms with Crippen LogP contribution in [0.3, 0.4) is 0 Å². The molecule has 8 nitrogen and oxygen atoms in total. The highest BCUT2D eigenvalue weighted by Gasteiger charge is 2.28. The maximum atomic E-state index is 13.2. The van der Waals surface area contributed by atoms with Crippen molar-refractivity contribution in [2.24, 2.45) is 0 Å². The Morgan fingerprint density at radius 3 is 2.89 bits per heavy atom. The monoisotopic (exact) mass is 380 g/mol. The molecule has 0 radical (unpaired) electrons. The molecular formula is C20H20N4O4. The molecule has 0 spiro atoms. The number of aromatic amines is 1. The van der Waals surface area contributed by atoms with Gasteiger partial charge in [-0.05, 0) is 25.0 Å². The molecule has 0 unspecified atom stereocenters. The molecule has 3 heterocycles. The van der Waals surface area contributed by atoms with Gasteiger partial charge in [-0.15, -0.1) is 0 Å². The first-order valence-electron chi connectivity index (χ1n) is 9.18. The van der Waals surface area contributed by atoms with Crippen molar-refractivity contribution < 1.29 is 14.7 Å². The molecule has 1 aromatic carbocycles. The number of likely N-dealkylation sites (tertiary alicyclic amines) is 1. The first kappa shape index (κ1) is 18.0. The zero-order valence-corrected chi connectivity index (χ0v) is 15.2. The highest BCUT2D eigenvalue weighted by Crippen LogP contribution is 2.28. The zero-order chi connectivity index (χ0) is 19.7. The van der Waals surface area contributed by atoms with Gasteiger partial charge in [0.15, 0.2) is 0 Å². The summed E-state index contributed by atoms with van der Waals surface area (Å²) in [5, 5.41) is 13.9. The van der Waals surface area contributed by atoms with Gasteiger partial charge in [-0.3, -0.25) is 19.1 Å². The van der Waals surface area contributed by atoms with Gasteiger partial charge < -0.3 is 15.0 Å². The van der Waals surface area contributed by atoms with Gasteiger partial charge in [0.05, 0.1) is 5.56 Å². The summed E-state index contributed by atoms with van der Waals surface area (Å²) in [6, 6.07) is 10.4. The van der Waals surface area contributed by atoms with E-state index in [1.807, 2.05) is 24.3 Å². The maximum absolute atomic E-state index is 13.2. The summed E-state index contributed by atoms with van der Waals surface area (Å²) in [4.78, 5) is 40.7. The van der Waals surface area contributed by atoms with Crippen LogP contribution < -0.4 is 5.56 Å². The van der Waals surface area contributed by atoms with Gasteiger partial charge in [0, 0.05) is 47.9 Å². The number of piperidine rings is 1. The van der Waals surface area contributed by atoms with Crippen LogP contribution in [-0.4, -0.2) is 49.7 Å². The fourth-order valence-corrected chi connectivity index (χ4v) is 3.90. The number of rotatable bonds is 4. The highest BCUT2D eigenvalue weighted by atomic mass is 16.4. The number of hydrogen-bond donors (Lipinski definition) is 2. The average molecular weight is 380 g/mol. The van der Waals surface area contributed by atoms with E-state index in [2.05, 4.69) is 10.1 Å². The van der Waals surface area contributed by atoms with Crippen LogP contribution in [0.15, 0.2) is 47.4 Å². The Hall–Kier alpha value is -3.42. The van der Waals surface area contributed by atoms with Crippen molar-refractivity contribution >= 4 is 22.8 Å². The number of amides is 1. The third kappa shape index (κ3) is 3.40. The summed E-state index contributed by atoms with van der Waals surface area (Å²) >= 11 is 0. The van der Waals surface area contributed by atoms with E-state index in [4.69, 9.17) is 5.11 Å². The normalized spacial score (nSPS) is 17.0. The van der Waals surface area contributed by atoms with E-state index in [0.29, 0.717) is 29.6 Å². The molecule has 1 amide bonds. The van der Waals surface area contributed by atoms with Gasteiger partial charge in [-0.1, -0.05) is 18.2 Å². The number of fused-ring (bicyclic) bond motifs is 1. The molecule has 0 bridgehead atoms. The van der Waals surface area contributed by atoms with Crippen LogP contribution in [-0.2, 0) is 11.3 Å². The number of pyridine rings is 1. The number of carbonyl (C=O) groups is 2. The third-order valence-electron chi connectivity index (χ3n) is 5.14. The maximum Gasteiger partial charge on any atom is 0.325 e. The largest absolute Gasteiger partial charge is 0.480 e. The Morgan fingerprint density at radius 1 is 1.25 bits per heavy atom. The van der Waals surface area contributed by atoms with Crippen molar-refractivity contribution in [2.75, 3.05) is 13.1 Å². The summed E-state index contributed by atoms with van der Waals surface area (Å²) in [6.45, 7) is 0.861. The quantitative estimate of drug-likeness (QED) is 0.718. The van der Waals surface area contributed by atoms with E-state index in [1.165, 1.54) is 10.7 Å². The molecule has 0 aliphatic carbocycles. The number of nitrogens with one attached hydrogen (secondary N) is 1. The van der Waals surface area contributed by atoms with Gasteiger partial charge in [-0.25, -0.2) is 0 Å². The van der Waals surface area contributed by atoms with Gasteiger partial charge in [0.25, 0.3) is 5.91 Å². The number of benzene rings is 1. The Labute approximate surface area is 160 Å². The number of nitrogens with zero attached hydrogens (tertiary/aromatic N) is 3. The first-order chi connectivity index (χ1) is 13.5. The highest BCUT2D eigenvalue weighted by molar-refractivity contribution is 6.06. The summed E-state index contributed by atoms with van der Waals surface area (Å²) < 4.78 is 1.48. The molecule has 1 aliphatic rings. The van der Waals surface area contributed by atoms with Gasteiger partial charge in [-0.2, -0.15) is 5.10 Å². The predicted molar refractivity (Wildman–Crippen MR) is 102 cm³/mol. The minimum atomic E-state index is -0.955. The molecular weight excluding hydrogens is 360 g/mol. The molecule has 4 rings (SSSR count). The van der Waals surface area contributed by atoms with Crippen LogP contribution in [0.2, 0.25) is 0 Å². The van der Waals surface area contributed by atoms with Crippen molar-refractivity contribution in [1.29, 1.82) is 0 Å². The van der Waals surface area contributed by atoms with Crippen LogP contribution in [0.4, 0.5) is 0 Å². The van der Waals surface area contributed by atoms with E-state index in [1.54, 1.807) is 17.2 Å². The SMILES string of the molecule is O=C(O)Cn1nccc1[C@H]1CCCN(C(=O)c2cc(=O)[nH]c3ccccc23)C1. The number of carboxylic acids is 1. The Morgan fingerprint density at radius 2 is 2.07 bits per heavy atom. The molecule has 1 fully saturated rings. The Balaban J connectivity index is 1.62. The average Bonchev–Trinajstić information content (AvgIpc) is 3.14. The molecule has 2 aromatic heterocycles. The minimum absolute atomic E-state index is 0.00723. The Kier molecular flexibility index (Phi) is 4.68. The lowest BCUT2D eigenvalue weighted by atomic mass is 9.94. The Bertz CT molecular complexity index is 1100. The summed E-state index contributed by atoms with van der Waals surface area (Å²) in [7, 11) is 0. The van der Waals surface area contributed by atoms with Crippen LogP contribution in [0.1, 0.15) is 34.8 Å². The van der Waals surface area contributed by atoms with Gasteiger partial charge in [0.1, 0.15) is 6.54 Å². The summed E-state index contributed by atoms with van der Waals surface area (Å²) in [5.74, 6) is -1.13. The number of hydrogen-bond acceptors (Lipinski definition) is 4. The summed E-state index contributed by atoms with van der Waals surface area (Å²) in [6.07, 6.45) is 3.24. The first-order valence-corrected chi connectivity index (χ1v) is 9.18. The molecule has 2 N–H and O–H groups in total. The van der Waals surface area contributed by atoms with Crippen LogP contribution >= 0.6 is 0 Å². The summed E-state index contributed by atoms with van der Waals surface area (Å²) in [5.41, 5.74) is 1.52. The number of carboxylic acid groups (broad SMARTS) is 1. The van der Waals surface area contributed by atoms with E-state index < -0.39 is 5.97 Å². The number of aromatic nitrogens is 3. The van der Waals surface area contributed by atoms with E-state index in [9.17, 15) is 14.4 Å². The molecule has 0 saturated carbocycles. The number of H-pyrrole nitrogens is 1. The van der Waals surface area contributed by atoms with Crippen LogP contribution in [0.25, 0.3) is 10.9 Å². The topological polar surface area (TPSA) is 108 Å². The number of aliphatic carboxylic acids is 1. The minimum Gasteiger partial charge on any atom is -0.480 e. The second kappa shape index (κ2) is 7.30. The van der Waals surface area contributed by atoms with Crippen molar-refractivity contribution in [3.05, 3.63) is 64.2 Å². The molecule has 1 aliphatic heterocycles. The van der Waals surface area contributed by atoms with Crippen LogP contribution in [0, 0.1) is 0 Å². The molecule has 1 saturated heterocycles. The lowest BCUT2D eigenvalue weighted by molar-refractivity contribution is -0.137. The zero-order valence-electron chi connectivity index (χ0n) is 15.2.